The number of carbonyl (C=O) groups excluding carboxylic acids is 3. The normalized spacial score (nSPS) is 13.2. The van der Waals surface area contributed by atoms with Crippen molar-refractivity contribution in [1.29, 1.82) is 0 Å². The van der Waals surface area contributed by atoms with Crippen LogP contribution >= 0.6 is 0 Å². The Labute approximate surface area is 395 Å². The van der Waals surface area contributed by atoms with Gasteiger partial charge in [0, 0.05) is 19.3 Å². The van der Waals surface area contributed by atoms with Crippen molar-refractivity contribution < 1.29 is 38.2 Å². The Morgan fingerprint density at radius 1 is 0.484 bits per heavy atom. The van der Waals surface area contributed by atoms with Gasteiger partial charge in [-0.1, -0.05) is 197 Å². The maximum absolute atomic E-state index is 12.8. The molecule has 0 saturated carbocycles. The van der Waals surface area contributed by atoms with Crippen LogP contribution in [-0.4, -0.2) is 75.5 Å². The van der Waals surface area contributed by atoms with Crippen LogP contribution in [0.3, 0.4) is 0 Å². The SMILES string of the molecule is CC/C=C/C/C=C/C/C=C/CCCCCCCCCCCCC(=O)OCC(COCCC(C(=O)[O-])[N+](C)(C)C)OC(=O)CCCCCCCCC/C=C/CCCCCCCCCCC. The zero-order valence-corrected chi connectivity index (χ0v) is 42.4. The van der Waals surface area contributed by atoms with E-state index in [0.29, 0.717) is 12.8 Å². The van der Waals surface area contributed by atoms with Crippen LogP contribution in [-0.2, 0) is 28.6 Å². The summed E-state index contributed by atoms with van der Waals surface area (Å²) in [4.78, 5) is 37.1. The standard InChI is InChI=1S/C56H101NO7/c1-6-8-10-12-14-16-18-20-22-24-26-28-30-32-34-36-38-40-42-44-46-54(58)63-51-52(50-62-49-48-53(56(60)61)57(3,4)5)64-55(59)47-45-43-41-39-37-35-33-31-29-27-25-23-21-19-17-15-13-11-9-7-2/h8,10,14,16,20,22,27,29,52-53H,6-7,9,11-13,15,17-19,21,23-26,28,30-51H2,1-5H3/b10-8+,16-14+,22-20+,29-27+. The molecule has 0 spiro atoms. The van der Waals surface area contributed by atoms with Gasteiger partial charge < -0.3 is 28.6 Å². The van der Waals surface area contributed by atoms with Crippen molar-refractivity contribution in [1.82, 2.24) is 0 Å². The highest BCUT2D eigenvalue weighted by Gasteiger charge is 2.25. The Kier molecular flexibility index (Phi) is 44.8. The van der Waals surface area contributed by atoms with Crippen LogP contribution in [0.25, 0.3) is 0 Å². The average molecular weight is 900 g/mol. The summed E-state index contributed by atoms with van der Waals surface area (Å²) in [5, 5.41) is 11.7. The molecule has 8 heteroatoms. The van der Waals surface area contributed by atoms with E-state index in [-0.39, 0.29) is 42.7 Å². The highest BCUT2D eigenvalue weighted by Crippen LogP contribution is 2.16. The third-order valence-corrected chi connectivity index (χ3v) is 11.9. The number of carboxylic acids is 1. The molecule has 0 rings (SSSR count). The molecule has 0 aromatic carbocycles. The van der Waals surface area contributed by atoms with Gasteiger partial charge in [0.2, 0.25) is 0 Å². The fourth-order valence-electron chi connectivity index (χ4n) is 7.85. The number of ether oxygens (including phenoxy) is 3. The summed E-state index contributed by atoms with van der Waals surface area (Å²) in [5.41, 5.74) is 0. The van der Waals surface area contributed by atoms with Crippen molar-refractivity contribution in [2.45, 2.75) is 251 Å². The lowest BCUT2D eigenvalue weighted by atomic mass is 10.1. The Morgan fingerprint density at radius 3 is 1.31 bits per heavy atom. The Balaban J connectivity index is 4.22. The molecule has 2 unspecified atom stereocenters. The van der Waals surface area contributed by atoms with E-state index < -0.39 is 18.1 Å². The maximum atomic E-state index is 12.8. The lowest BCUT2D eigenvalue weighted by Gasteiger charge is -2.34. The van der Waals surface area contributed by atoms with E-state index in [1.807, 2.05) is 0 Å². The first-order chi connectivity index (χ1) is 31.1. The molecule has 0 aliphatic rings. The molecule has 0 heterocycles. The highest BCUT2D eigenvalue weighted by atomic mass is 16.6. The summed E-state index contributed by atoms with van der Waals surface area (Å²) >= 11 is 0. The quantitative estimate of drug-likeness (QED) is 0.0259. The number of nitrogens with zero attached hydrogens (tertiary/aromatic N) is 1. The van der Waals surface area contributed by atoms with Gasteiger partial charge in [-0.25, -0.2) is 0 Å². The number of hydrogen-bond acceptors (Lipinski definition) is 7. The molecule has 0 aliphatic heterocycles. The molecule has 0 N–H and O–H groups in total. The summed E-state index contributed by atoms with van der Waals surface area (Å²) in [5.74, 6) is -1.74. The number of unbranched alkanes of at least 4 members (excludes halogenated alkanes) is 26. The van der Waals surface area contributed by atoms with E-state index in [0.717, 1.165) is 57.8 Å². The Bertz CT molecular complexity index is 1190. The molecular formula is C56H101NO7. The second-order valence-electron chi connectivity index (χ2n) is 19.1. The summed E-state index contributed by atoms with van der Waals surface area (Å²) in [6, 6.07) is -0.728. The smallest absolute Gasteiger partial charge is 0.306 e. The van der Waals surface area contributed by atoms with Crippen molar-refractivity contribution in [3.8, 4) is 0 Å². The summed E-state index contributed by atoms with van der Waals surface area (Å²) in [6.45, 7) is 4.57. The van der Waals surface area contributed by atoms with E-state index in [9.17, 15) is 19.5 Å². The average Bonchev–Trinajstić information content (AvgIpc) is 3.26. The first-order valence-electron chi connectivity index (χ1n) is 26.7. The fraction of sp³-hybridized carbons (Fsp3) is 0.804. The van der Waals surface area contributed by atoms with Gasteiger partial charge >= 0.3 is 11.9 Å². The van der Waals surface area contributed by atoms with Gasteiger partial charge in [-0.15, -0.1) is 0 Å². The maximum Gasteiger partial charge on any atom is 0.306 e. The molecule has 0 aromatic heterocycles. The number of quaternary nitrogens is 1. The van der Waals surface area contributed by atoms with Crippen LogP contribution in [0.4, 0.5) is 0 Å². The molecule has 8 nitrogen and oxygen atoms in total. The lowest BCUT2D eigenvalue weighted by molar-refractivity contribution is -0.889. The molecule has 0 saturated heterocycles. The van der Waals surface area contributed by atoms with Gasteiger partial charge in [0.25, 0.3) is 0 Å². The molecule has 0 aromatic rings. The second kappa shape index (κ2) is 46.8. The summed E-state index contributed by atoms with van der Waals surface area (Å²) < 4.78 is 17.3. The number of esters is 2. The molecule has 0 amide bonds. The third kappa shape index (κ3) is 44.5. The van der Waals surface area contributed by atoms with Gasteiger partial charge in [-0.05, 0) is 70.6 Å². The van der Waals surface area contributed by atoms with Gasteiger partial charge in [-0.3, -0.25) is 9.59 Å². The van der Waals surface area contributed by atoms with Gasteiger partial charge in [0.05, 0.1) is 40.3 Å². The minimum absolute atomic E-state index is 0.0386. The van der Waals surface area contributed by atoms with Crippen LogP contribution in [0.15, 0.2) is 48.6 Å². The van der Waals surface area contributed by atoms with E-state index in [1.165, 1.54) is 148 Å². The number of likely N-dealkylation sites (N-methyl/N-ethyl adjacent to an activating group) is 1. The van der Waals surface area contributed by atoms with Crippen LogP contribution in [0.5, 0.6) is 0 Å². The number of aliphatic carboxylic acids is 1. The minimum atomic E-state index is -1.12. The number of carboxylic acid groups (broad SMARTS) is 1. The van der Waals surface area contributed by atoms with Crippen LogP contribution in [0, 0.1) is 0 Å². The molecule has 0 radical (unpaired) electrons. The van der Waals surface area contributed by atoms with Crippen molar-refractivity contribution in [2.75, 3.05) is 41.0 Å². The molecule has 372 valence electrons. The van der Waals surface area contributed by atoms with E-state index in [4.69, 9.17) is 14.2 Å². The van der Waals surface area contributed by atoms with E-state index in [1.54, 1.807) is 21.1 Å². The molecule has 2 atom stereocenters. The monoisotopic (exact) mass is 900 g/mol. The molecule has 64 heavy (non-hydrogen) atoms. The largest absolute Gasteiger partial charge is 0.544 e. The van der Waals surface area contributed by atoms with Crippen molar-refractivity contribution in [3.63, 3.8) is 0 Å². The number of allylic oxidation sites excluding steroid dienone is 8. The Hall–Kier alpha value is -2.71. The molecule has 0 fully saturated rings. The lowest BCUT2D eigenvalue weighted by Crippen LogP contribution is -2.55. The number of carbonyl (C=O) groups is 3. The van der Waals surface area contributed by atoms with E-state index in [2.05, 4.69) is 62.5 Å². The summed E-state index contributed by atoms with van der Waals surface area (Å²) in [6.07, 6.45) is 57.1. The van der Waals surface area contributed by atoms with Gasteiger partial charge in [0.15, 0.2) is 6.10 Å². The number of hydrogen-bond donors (Lipinski definition) is 0. The van der Waals surface area contributed by atoms with Crippen molar-refractivity contribution in [3.05, 3.63) is 48.6 Å². The molecule has 0 aliphatic carbocycles. The van der Waals surface area contributed by atoms with Gasteiger partial charge in [-0.2, -0.15) is 0 Å². The second-order valence-corrected chi connectivity index (χ2v) is 19.1. The fourth-order valence-corrected chi connectivity index (χ4v) is 7.85. The van der Waals surface area contributed by atoms with Crippen molar-refractivity contribution >= 4 is 17.9 Å². The summed E-state index contributed by atoms with van der Waals surface area (Å²) in [7, 11) is 5.42. The molecular weight excluding hydrogens is 799 g/mol. The van der Waals surface area contributed by atoms with Crippen LogP contribution in [0.1, 0.15) is 239 Å². The Morgan fingerprint density at radius 2 is 0.875 bits per heavy atom. The topological polar surface area (TPSA) is 102 Å². The van der Waals surface area contributed by atoms with Crippen LogP contribution < -0.4 is 5.11 Å². The highest BCUT2D eigenvalue weighted by molar-refractivity contribution is 5.70. The number of rotatable bonds is 48. The first-order valence-corrected chi connectivity index (χ1v) is 26.7. The predicted octanol–water partition coefficient (Wildman–Crippen LogP) is 14.2. The zero-order valence-electron chi connectivity index (χ0n) is 42.4. The minimum Gasteiger partial charge on any atom is -0.544 e. The van der Waals surface area contributed by atoms with Gasteiger partial charge in [0.1, 0.15) is 12.6 Å². The van der Waals surface area contributed by atoms with Crippen molar-refractivity contribution in [2.24, 2.45) is 0 Å². The van der Waals surface area contributed by atoms with Crippen LogP contribution in [0.2, 0.25) is 0 Å². The molecule has 0 bridgehead atoms. The van der Waals surface area contributed by atoms with E-state index >= 15 is 0 Å². The zero-order chi connectivity index (χ0) is 47.0. The third-order valence-electron chi connectivity index (χ3n) is 11.9. The first kappa shape index (κ1) is 61.3. The predicted molar refractivity (Wildman–Crippen MR) is 268 cm³/mol.